The molecule has 2 N–H and O–H groups in total. The van der Waals surface area contributed by atoms with Gasteiger partial charge in [0.05, 0.1) is 11.8 Å². The van der Waals surface area contributed by atoms with Crippen molar-refractivity contribution in [3.63, 3.8) is 0 Å². The molecule has 0 unspecified atom stereocenters. The van der Waals surface area contributed by atoms with Gasteiger partial charge in [-0.15, -0.1) is 10.2 Å². The number of benzene rings is 1. The molecule has 36 heavy (non-hydrogen) atoms. The first-order valence-electron chi connectivity index (χ1n) is 12.6. The summed E-state index contributed by atoms with van der Waals surface area (Å²) in [6.07, 6.45) is 9.28. The number of fused-ring (bicyclic) bond motifs is 3. The van der Waals surface area contributed by atoms with E-state index in [4.69, 9.17) is 9.47 Å². The number of nitrogens with one attached hydrogen (secondary N) is 1. The molecule has 0 radical (unpaired) electrons. The summed E-state index contributed by atoms with van der Waals surface area (Å²) in [5, 5.41) is 23.5. The number of nitrogens with zero attached hydrogens (tertiary/aromatic N) is 5. The molecule has 2 bridgehead atoms. The number of piperidine rings is 2. The minimum Gasteiger partial charge on any atom is -0.507 e. The monoisotopic (exact) mass is 488 g/mol. The van der Waals surface area contributed by atoms with Crippen molar-refractivity contribution < 1.29 is 14.6 Å². The highest BCUT2D eigenvalue weighted by molar-refractivity contribution is 5.73. The average molecular weight is 489 g/mol. The second-order valence-corrected chi connectivity index (χ2v) is 10.9. The van der Waals surface area contributed by atoms with Gasteiger partial charge in [-0.3, -0.25) is 0 Å². The molecule has 3 aromatic rings. The van der Waals surface area contributed by atoms with Crippen LogP contribution in [0.4, 0.5) is 5.82 Å². The van der Waals surface area contributed by atoms with E-state index in [1.807, 2.05) is 12.1 Å². The van der Waals surface area contributed by atoms with E-state index in [2.05, 4.69) is 51.3 Å². The lowest BCUT2D eigenvalue weighted by Crippen LogP contribution is -2.66. The highest BCUT2D eigenvalue weighted by Crippen LogP contribution is 2.42. The van der Waals surface area contributed by atoms with Crippen LogP contribution in [0.1, 0.15) is 46.0 Å². The molecule has 0 spiro atoms. The molecule has 1 aromatic carbocycles. The zero-order valence-corrected chi connectivity index (χ0v) is 21.0. The predicted molar refractivity (Wildman–Crippen MR) is 136 cm³/mol. The Labute approximate surface area is 210 Å². The fourth-order valence-corrected chi connectivity index (χ4v) is 6.15. The number of ether oxygens (including phenoxy) is 2. The molecular weight excluding hydrogens is 456 g/mol. The van der Waals surface area contributed by atoms with Gasteiger partial charge < -0.3 is 24.8 Å². The molecule has 2 fully saturated rings. The summed E-state index contributed by atoms with van der Waals surface area (Å²) in [6.45, 7) is 5.66. The van der Waals surface area contributed by atoms with E-state index in [1.165, 1.54) is 19.3 Å². The number of hydrogen-bond acceptors (Lipinski definition) is 9. The number of aromatic nitrogens is 4. The Morgan fingerprint density at radius 3 is 2.47 bits per heavy atom. The van der Waals surface area contributed by atoms with Gasteiger partial charge in [-0.25, -0.2) is 9.97 Å². The first-order chi connectivity index (χ1) is 17.3. The topological polar surface area (TPSA) is 106 Å². The van der Waals surface area contributed by atoms with Crippen LogP contribution in [0, 0.1) is 0 Å². The Kier molecular flexibility index (Phi) is 5.48. The van der Waals surface area contributed by atoms with Crippen LogP contribution in [0.2, 0.25) is 0 Å². The highest BCUT2D eigenvalue weighted by Gasteiger charge is 2.46. The third-order valence-electron chi connectivity index (χ3n) is 7.86. The minimum absolute atomic E-state index is 0.0809. The van der Waals surface area contributed by atoms with Gasteiger partial charge in [-0.1, -0.05) is 6.07 Å². The van der Waals surface area contributed by atoms with Gasteiger partial charge in [0.1, 0.15) is 19.0 Å². The summed E-state index contributed by atoms with van der Waals surface area (Å²) in [5.74, 6) is 2.31. The molecule has 0 saturated carbocycles. The zero-order valence-electron chi connectivity index (χ0n) is 21.0. The van der Waals surface area contributed by atoms with E-state index in [0.717, 1.165) is 29.8 Å². The Balaban J connectivity index is 1.20. The van der Waals surface area contributed by atoms with Crippen molar-refractivity contribution in [2.24, 2.45) is 0 Å². The number of aromatic hydroxyl groups is 1. The van der Waals surface area contributed by atoms with Crippen molar-refractivity contribution in [1.29, 1.82) is 0 Å². The van der Waals surface area contributed by atoms with Gasteiger partial charge in [0, 0.05) is 35.9 Å². The summed E-state index contributed by atoms with van der Waals surface area (Å²) >= 11 is 0. The molecular formula is C27H32N6O3. The Bertz CT molecular complexity index is 1270. The van der Waals surface area contributed by atoms with Crippen LogP contribution in [0.25, 0.3) is 22.5 Å². The number of phenolic OH excluding ortho intramolecular Hbond substituents is 1. The lowest BCUT2D eigenvalue weighted by Gasteiger charge is -2.55. The molecule has 0 aliphatic carbocycles. The van der Waals surface area contributed by atoms with Crippen LogP contribution < -0.4 is 19.7 Å². The van der Waals surface area contributed by atoms with Gasteiger partial charge in [0.25, 0.3) is 5.88 Å². The van der Waals surface area contributed by atoms with E-state index in [1.54, 1.807) is 24.5 Å². The van der Waals surface area contributed by atoms with E-state index >= 15 is 0 Å². The molecule has 2 aromatic heterocycles. The van der Waals surface area contributed by atoms with Gasteiger partial charge >= 0.3 is 0 Å². The minimum atomic E-state index is 0.0809. The highest BCUT2D eigenvalue weighted by atomic mass is 16.6. The number of anilines is 1. The largest absolute Gasteiger partial charge is 0.507 e. The van der Waals surface area contributed by atoms with E-state index in [0.29, 0.717) is 42.3 Å². The van der Waals surface area contributed by atoms with Crippen LogP contribution in [0.15, 0.2) is 36.7 Å². The molecule has 188 valence electrons. The molecule has 3 aliphatic heterocycles. The van der Waals surface area contributed by atoms with Crippen LogP contribution >= 0.6 is 0 Å². The maximum atomic E-state index is 10.8. The molecule has 0 amide bonds. The standard InChI is InChI=1S/C27H32N6O3/c1-26-7-4-8-27(2,32-26)14-19(13-26)33(3)23-16-28-24(31-30-23)20-6-5-17(11-21(20)34)18-12-22-25(29-15-18)36-10-9-35-22/h5-6,11-12,15-16,19,32,34H,4,7-10,13-14H2,1-3H3/t19-,26-,27+. The molecule has 5 heterocycles. The molecule has 9 heteroatoms. The number of rotatable bonds is 4. The van der Waals surface area contributed by atoms with Crippen molar-refractivity contribution in [1.82, 2.24) is 25.5 Å². The molecule has 6 rings (SSSR count). The van der Waals surface area contributed by atoms with E-state index < -0.39 is 0 Å². The fourth-order valence-electron chi connectivity index (χ4n) is 6.15. The van der Waals surface area contributed by atoms with Crippen molar-refractivity contribution >= 4 is 5.82 Å². The second-order valence-electron chi connectivity index (χ2n) is 10.9. The smallest absolute Gasteiger partial charge is 0.257 e. The number of hydrogen-bond donors (Lipinski definition) is 2. The quantitative estimate of drug-likeness (QED) is 0.564. The summed E-state index contributed by atoms with van der Waals surface area (Å²) < 4.78 is 11.1. The third-order valence-corrected chi connectivity index (χ3v) is 7.86. The number of pyridine rings is 1. The Hall–Kier alpha value is -3.46. The lowest BCUT2D eigenvalue weighted by atomic mass is 9.69. The van der Waals surface area contributed by atoms with Gasteiger partial charge in [-0.2, -0.15) is 0 Å². The number of phenols is 1. The SMILES string of the molecule is CN(c1cnc(-c2ccc(-c3cnc4c(c3)OCCO4)cc2O)nn1)[C@H]1C[C@]2(C)CCC[C@](C)(C1)N2. The molecule has 3 aliphatic rings. The maximum Gasteiger partial charge on any atom is 0.257 e. The first kappa shape index (κ1) is 23.0. The van der Waals surface area contributed by atoms with Crippen LogP contribution in [0.5, 0.6) is 17.4 Å². The third kappa shape index (κ3) is 4.21. The summed E-state index contributed by atoms with van der Waals surface area (Å²) in [7, 11) is 2.08. The maximum absolute atomic E-state index is 10.8. The van der Waals surface area contributed by atoms with Crippen LogP contribution in [-0.2, 0) is 0 Å². The molecule has 3 atom stereocenters. The molecule has 2 saturated heterocycles. The van der Waals surface area contributed by atoms with Crippen molar-refractivity contribution in [2.75, 3.05) is 25.2 Å². The normalized spacial score (nSPS) is 26.9. The van der Waals surface area contributed by atoms with Crippen molar-refractivity contribution in [2.45, 2.75) is 63.1 Å². The van der Waals surface area contributed by atoms with Crippen LogP contribution in [0.3, 0.4) is 0 Å². The summed E-state index contributed by atoms with van der Waals surface area (Å²) in [4.78, 5) is 11.1. The van der Waals surface area contributed by atoms with Gasteiger partial charge in [-0.05, 0) is 69.7 Å². The van der Waals surface area contributed by atoms with Gasteiger partial charge in [0.2, 0.25) is 0 Å². The fraction of sp³-hybridized carbons (Fsp3) is 0.481. The second kappa shape index (κ2) is 8.58. The average Bonchev–Trinajstić information content (AvgIpc) is 2.87. The Morgan fingerprint density at radius 1 is 0.972 bits per heavy atom. The Morgan fingerprint density at radius 2 is 1.75 bits per heavy atom. The van der Waals surface area contributed by atoms with E-state index in [9.17, 15) is 5.11 Å². The lowest BCUT2D eigenvalue weighted by molar-refractivity contribution is 0.0784. The van der Waals surface area contributed by atoms with Crippen molar-refractivity contribution in [3.8, 4) is 39.9 Å². The van der Waals surface area contributed by atoms with Crippen molar-refractivity contribution in [3.05, 3.63) is 36.7 Å². The summed E-state index contributed by atoms with van der Waals surface area (Å²) in [6, 6.07) is 7.63. The first-order valence-corrected chi connectivity index (χ1v) is 12.6. The predicted octanol–water partition coefficient (Wildman–Crippen LogP) is 3.97. The van der Waals surface area contributed by atoms with E-state index in [-0.39, 0.29) is 16.8 Å². The summed E-state index contributed by atoms with van der Waals surface area (Å²) in [5.41, 5.74) is 2.48. The van der Waals surface area contributed by atoms with Gasteiger partial charge in [0.15, 0.2) is 17.4 Å². The zero-order chi connectivity index (χ0) is 24.9. The molecule has 9 nitrogen and oxygen atoms in total. The van der Waals surface area contributed by atoms with Crippen LogP contribution in [-0.4, -0.2) is 62.7 Å².